The van der Waals surface area contributed by atoms with Crippen LogP contribution in [0.2, 0.25) is 0 Å². The summed E-state index contributed by atoms with van der Waals surface area (Å²) in [6.45, 7) is 2.53. The van der Waals surface area contributed by atoms with Gasteiger partial charge in [0.15, 0.2) is 5.82 Å². The molecule has 1 saturated heterocycles. The highest BCUT2D eigenvalue weighted by Gasteiger charge is 2.27. The Bertz CT molecular complexity index is 789. The first-order chi connectivity index (χ1) is 12.3. The van der Waals surface area contributed by atoms with E-state index in [1.54, 1.807) is 18.7 Å². The third-order valence-corrected chi connectivity index (χ3v) is 4.40. The van der Waals surface area contributed by atoms with Gasteiger partial charge in [0.25, 0.3) is 0 Å². The van der Waals surface area contributed by atoms with Gasteiger partial charge in [0, 0.05) is 25.3 Å². The minimum atomic E-state index is 0.415. The number of likely N-dealkylation sites (N-methyl/N-ethyl adjacent to an activating group) is 1. The van der Waals surface area contributed by atoms with Gasteiger partial charge in [-0.05, 0) is 38.1 Å². The quantitative estimate of drug-likeness (QED) is 0.675. The summed E-state index contributed by atoms with van der Waals surface area (Å²) in [6.07, 6.45) is 7.22. The highest BCUT2D eigenvalue weighted by molar-refractivity contribution is 5.51. The molecule has 25 heavy (non-hydrogen) atoms. The third-order valence-electron chi connectivity index (χ3n) is 4.40. The lowest BCUT2D eigenvalue weighted by molar-refractivity contribution is 0.254. The zero-order valence-corrected chi connectivity index (χ0v) is 14.1. The Morgan fingerprint density at radius 2 is 2.32 bits per heavy atom. The molecular formula is C17H20N6O2. The molecule has 0 radical (unpaired) electrons. The van der Waals surface area contributed by atoms with Crippen molar-refractivity contribution in [2.45, 2.75) is 25.4 Å². The zero-order valence-electron chi connectivity index (χ0n) is 14.1. The molecule has 1 fully saturated rings. The molecule has 0 unspecified atom stereocenters. The SMILES string of the molecule is CN(Cc1nc(-c2ccoc2)no1)C[C@@H]1CCCN1c1cccnn1. The van der Waals surface area contributed by atoms with E-state index < -0.39 is 0 Å². The average molecular weight is 340 g/mol. The van der Waals surface area contributed by atoms with Gasteiger partial charge in [-0.25, -0.2) is 0 Å². The van der Waals surface area contributed by atoms with E-state index in [4.69, 9.17) is 8.94 Å². The summed E-state index contributed by atoms with van der Waals surface area (Å²) in [6, 6.07) is 6.17. The van der Waals surface area contributed by atoms with Crippen molar-refractivity contribution < 1.29 is 8.94 Å². The van der Waals surface area contributed by atoms with E-state index in [1.807, 2.05) is 18.2 Å². The second-order valence-electron chi connectivity index (χ2n) is 6.29. The zero-order chi connectivity index (χ0) is 17.1. The molecule has 130 valence electrons. The summed E-state index contributed by atoms with van der Waals surface area (Å²) >= 11 is 0. The van der Waals surface area contributed by atoms with Crippen LogP contribution in [0.15, 0.2) is 45.9 Å². The van der Waals surface area contributed by atoms with Crippen LogP contribution in [0.3, 0.4) is 0 Å². The second-order valence-corrected chi connectivity index (χ2v) is 6.29. The van der Waals surface area contributed by atoms with Crippen molar-refractivity contribution in [1.29, 1.82) is 0 Å². The summed E-state index contributed by atoms with van der Waals surface area (Å²) in [5.41, 5.74) is 0.822. The Morgan fingerprint density at radius 3 is 3.12 bits per heavy atom. The molecule has 3 aromatic heterocycles. The minimum Gasteiger partial charge on any atom is -0.472 e. The van der Waals surface area contributed by atoms with Crippen molar-refractivity contribution in [2.75, 3.05) is 25.0 Å². The molecule has 0 aliphatic carbocycles. The second kappa shape index (κ2) is 7.02. The maximum absolute atomic E-state index is 5.35. The molecular weight excluding hydrogens is 320 g/mol. The lowest BCUT2D eigenvalue weighted by atomic mass is 10.2. The van der Waals surface area contributed by atoms with Gasteiger partial charge in [0.1, 0.15) is 6.26 Å². The molecule has 1 atom stereocenters. The summed E-state index contributed by atoms with van der Waals surface area (Å²) < 4.78 is 10.4. The molecule has 4 rings (SSSR count). The molecule has 0 N–H and O–H groups in total. The lowest BCUT2D eigenvalue weighted by Crippen LogP contribution is -2.39. The van der Waals surface area contributed by atoms with Crippen molar-refractivity contribution >= 4 is 5.82 Å². The highest BCUT2D eigenvalue weighted by Crippen LogP contribution is 2.24. The predicted molar refractivity (Wildman–Crippen MR) is 90.7 cm³/mol. The van der Waals surface area contributed by atoms with Crippen LogP contribution in [0.5, 0.6) is 0 Å². The van der Waals surface area contributed by atoms with Gasteiger partial charge >= 0.3 is 0 Å². The van der Waals surface area contributed by atoms with Crippen LogP contribution >= 0.6 is 0 Å². The fourth-order valence-electron chi connectivity index (χ4n) is 3.26. The molecule has 1 aliphatic heterocycles. The Morgan fingerprint density at radius 1 is 1.36 bits per heavy atom. The highest BCUT2D eigenvalue weighted by atomic mass is 16.5. The number of aromatic nitrogens is 4. The maximum Gasteiger partial charge on any atom is 0.241 e. The number of nitrogens with zero attached hydrogens (tertiary/aromatic N) is 6. The summed E-state index contributed by atoms with van der Waals surface area (Å²) in [7, 11) is 2.06. The molecule has 8 nitrogen and oxygen atoms in total. The number of hydrogen-bond donors (Lipinski definition) is 0. The lowest BCUT2D eigenvalue weighted by Gasteiger charge is -2.28. The van der Waals surface area contributed by atoms with E-state index in [9.17, 15) is 0 Å². The fraction of sp³-hybridized carbons (Fsp3) is 0.412. The van der Waals surface area contributed by atoms with Crippen LogP contribution < -0.4 is 4.90 Å². The van der Waals surface area contributed by atoms with E-state index in [-0.39, 0.29) is 0 Å². The van der Waals surface area contributed by atoms with Crippen LogP contribution in [0.4, 0.5) is 5.82 Å². The number of rotatable bonds is 6. The molecule has 0 aromatic carbocycles. The fourth-order valence-corrected chi connectivity index (χ4v) is 3.26. The van der Waals surface area contributed by atoms with E-state index >= 15 is 0 Å². The van der Waals surface area contributed by atoms with Crippen molar-refractivity contribution in [3.05, 3.63) is 42.8 Å². The van der Waals surface area contributed by atoms with Gasteiger partial charge in [0.2, 0.25) is 11.7 Å². The van der Waals surface area contributed by atoms with Crippen LogP contribution in [0, 0.1) is 0 Å². The van der Waals surface area contributed by atoms with Gasteiger partial charge in [-0.15, -0.1) is 5.10 Å². The Kier molecular flexibility index (Phi) is 4.43. The van der Waals surface area contributed by atoms with Crippen LogP contribution in [0.1, 0.15) is 18.7 Å². The predicted octanol–water partition coefficient (Wildman–Crippen LogP) is 2.22. The van der Waals surface area contributed by atoms with Crippen molar-refractivity contribution in [3.63, 3.8) is 0 Å². The molecule has 0 saturated carbocycles. The summed E-state index contributed by atoms with van der Waals surface area (Å²) in [5.74, 6) is 2.10. The van der Waals surface area contributed by atoms with E-state index in [2.05, 4.69) is 37.2 Å². The largest absolute Gasteiger partial charge is 0.472 e. The van der Waals surface area contributed by atoms with Crippen molar-refractivity contribution in [3.8, 4) is 11.4 Å². The molecule has 1 aliphatic rings. The van der Waals surface area contributed by atoms with Gasteiger partial charge < -0.3 is 13.8 Å². The molecule has 0 spiro atoms. The summed E-state index contributed by atoms with van der Waals surface area (Å²) in [5, 5.41) is 12.2. The standard InChI is InChI=1S/C17H20N6O2/c1-22(11-16-19-17(21-25-16)13-6-9-24-12-13)10-14-4-3-8-23(14)15-5-2-7-18-20-15/h2,5-7,9,12,14H,3-4,8,10-11H2,1H3/t14-/m0/s1. The van der Waals surface area contributed by atoms with Crippen LogP contribution in [-0.4, -0.2) is 51.4 Å². The van der Waals surface area contributed by atoms with Gasteiger partial charge in [0.05, 0.1) is 18.4 Å². The van der Waals surface area contributed by atoms with Crippen LogP contribution in [0.25, 0.3) is 11.4 Å². The molecule has 4 heterocycles. The van der Waals surface area contributed by atoms with Crippen molar-refractivity contribution in [2.24, 2.45) is 0 Å². The maximum atomic E-state index is 5.35. The van der Waals surface area contributed by atoms with Gasteiger partial charge in [-0.1, -0.05) is 5.16 Å². The monoisotopic (exact) mass is 340 g/mol. The average Bonchev–Trinajstić information content (AvgIpc) is 3.37. The first-order valence-corrected chi connectivity index (χ1v) is 8.37. The van der Waals surface area contributed by atoms with Crippen molar-refractivity contribution in [1.82, 2.24) is 25.2 Å². The van der Waals surface area contributed by atoms with Crippen LogP contribution in [-0.2, 0) is 6.54 Å². The van der Waals surface area contributed by atoms with Gasteiger partial charge in [-0.3, -0.25) is 4.90 Å². The molecule has 8 heteroatoms. The first-order valence-electron chi connectivity index (χ1n) is 8.37. The number of furan rings is 1. The minimum absolute atomic E-state index is 0.415. The normalized spacial score (nSPS) is 17.5. The molecule has 0 amide bonds. The van der Waals surface area contributed by atoms with Gasteiger partial charge in [-0.2, -0.15) is 10.1 Å². The molecule has 0 bridgehead atoms. The third kappa shape index (κ3) is 3.53. The Hall–Kier alpha value is -2.74. The number of anilines is 1. The summed E-state index contributed by atoms with van der Waals surface area (Å²) in [4.78, 5) is 8.96. The smallest absolute Gasteiger partial charge is 0.241 e. The van der Waals surface area contributed by atoms with E-state index in [0.29, 0.717) is 24.3 Å². The Balaban J connectivity index is 1.38. The molecule has 3 aromatic rings. The first kappa shape index (κ1) is 15.8. The van der Waals surface area contributed by atoms with E-state index in [0.717, 1.165) is 30.9 Å². The van der Waals surface area contributed by atoms with E-state index in [1.165, 1.54) is 6.42 Å². The topological polar surface area (TPSA) is 84.3 Å². The number of hydrogen-bond acceptors (Lipinski definition) is 8. The Labute approximate surface area is 145 Å².